The van der Waals surface area contributed by atoms with Crippen LogP contribution in [-0.4, -0.2) is 17.9 Å². The van der Waals surface area contributed by atoms with Gasteiger partial charge in [-0.25, -0.2) is 0 Å². The highest BCUT2D eigenvalue weighted by Gasteiger charge is 2.14. The average Bonchev–Trinajstić information content (AvgIpc) is 2.56. The molecule has 0 aromatic heterocycles. The van der Waals surface area contributed by atoms with E-state index in [2.05, 4.69) is 12.2 Å². The first-order valence-electron chi connectivity index (χ1n) is 7.74. The molecule has 0 radical (unpaired) electrons. The van der Waals surface area contributed by atoms with Crippen molar-refractivity contribution in [3.05, 3.63) is 65.7 Å². The summed E-state index contributed by atoms with van der Waals surface area (Å²) in [5, 5.41) is 2.79. The highest BCUT2D eigenvalue weighted by molar-refractivity contribution is 5.94. The lowest BCUT2D eigenvalue weighted by Crippen LogP contribution is -2.35. The smallest absolute Gasteiger partial charge is 0.313 e. The minimum Gasteiger partial charge on any atom is -0.426 e. The summed E-state index contributed by atoms with van der Waals surface area (Å²) in [6.07, 6.45) is 1.06. The molecule has 23 heavy (non-hydrogen) atoms. The molecule has 0 aliphatic rings. The van der Waals surface area contributed by atoms with Gasteiger partial charge in [-0.3, -0.25) is 9.59 Å². The number of amides is 1. The maximum atomic E-state index is 12.0. The molecule has 0 saturated heterocycles. The number of esters is 1. The summed E-state index contributed by atoms with van der Waals surface area (Å²) in [6, 6.07) is 16.0. The Bertz CT molecular complexity index is 650. The van der Waals surface area contributed by atoms with Gasteiger partial charge in [-0.1, -0.05) is 37.3 Å². The van der Waals surface area contributed by atoms with E-state index in [9.17, 15) is 9.59 Å². The number of hydrogen-bond donors (Lipinski definition) is 1. The maximum Gasteiger partial charge on any atom is 0.313 e. The average molecular weight is 311 g/mol. The number of carbonyl (C=O) groups excluding carboxylic acids is 2. The monoisotopic (exact) mass is 311 g/mol. The van der Waals surface area contributed by atoms with Crippen LogP contribution in [0.3, 0.4) is 0 Å². The SMILES string of the molecule is CCc1ccc(OC(=O)CC(C)NC(=O)c2ccccc2)cc1. The summed E-state index contributed by atoms with van der Waals surface area (Å²) in [5.41, 5.74) is 1.76. The topological polar surface area (TPSA) is 55.4 Å². The predicted molar refractivity (Wildman–Crippen MR) is 89.4 cm³/mol. The van der Waals surface area contributed by atoms with Crippen LogP contribution in [0.25, 0.3) is 0 Å². The highest BCUT2D eigenvalue weighted by atomic mass is 16.5. The summed E-state index contributed by atoms with van der Waals surface area (Å²) in [4.78, 5) is 23.9. The third kappa shape index (κ3) is 5.25. The van der Waals surface area contributed by atoms with E-state index in [0.29, 0.717) is 11.3 Å². The summed E-state index contributed by atoms with van der Waals surface area (Å²) in [6.45, 7) is 3.85. The van der Waals surface area contributed by atoms with E-state index in [-0.39, 0.29) is 24.3 Å². The Kier molecular flexibility index (Phi) is 5.92. The van der Waals surface area contributed by atoms with Crippen molar-refractivity contribution in [1.82, 2.24) is 5.32 Å². The minimum atomic E-state index is -0.366. The van der Waals surface area contributed by atoms with Crippen LogP contribution in [0, 0.1) is 0 Å². The second-order valence-electron chi connectivity index (χ2n) is 5.42. The van der Waals surface area contributed by atoms with E-state index >= 15 is 0 Å². The molecule has 0 aliphatic heterocycles. The van der Waals surface area contributed by atoms with Crippen molar-refractivity contribution < 1.29 is 14.3 Å². The fraction of sp³-hybridized carbons (Fsp3) is 0.263. The van der Waals surface area contributed by atoms with Gasteiger partial charge in [0.05, 0.1) is 6.42 Å². The van der Waals surface area contributed by atoms with Crippen LogP contribution in [0.15, 0.2) is 54.6 Å². The van der Waals surface area contributed by atoms with Crippen molar-refractivity contribution in [2.45, 2.75) is 32.7 Å². The number of hydrogen-bond acceptors (Lipinski definition) is 3. The highest BCUT2D eigenvalue weighted by Crippen LogP contribution is 2.13. The standard InChI is InChI=1S/C19H21NO3/c1-3-15-9-11-17(12-10-15)23-18(21)13-14(2)20-19(22)16-7-5-4-6-8-16/h4-12,14H,3,13H2,1-2H3,(H,20,22). The fourth-order valence-electron chi connectivity index (χ4n) is 2.16. The van der Waals surface area contributed by atoms with Gasteiger partial charge >= 0.3 is 5.97 Å². The second kappa shape index (κ2) is 8.13. The Hall–Kier alpha value is -2.62. The molecular weight excluding hydrogens is 290 g/mol. The zero-order valence-electron chi connectivity index (χ0n) is 13.4. The van der Waals surface area contributed by atoms with E-state index in [4.69, 9.17) is 4.74 Å². The molecule has 0 fully saturated rings. The van der Waals surface area contributed by atoms with Crippen molar-refractivity contribution in [2.24, 2.45) is 0 Å². The number of rotatable bonds is 6. The van der Waals surface area contributed by atoms with Gasteiger partial charge in [0, 0.05) is 11.6 Å². The van der Waals surface area contributed by atoms with Gasteiger partial charge in [-0.15, -0.1) is 0 Å². The molecular formula is C19H21NO3. The lowest BCUT2D eigenvalue weighted by atomic mass is 10.1. The third-order valence-corrected chi connectivity index (χ3v) is 3.45. The molecule has 0 heterocycles. The number of carbonyl (C=O) groups is 2. The Balaban J connectivity index is 1.83. The van der Waals surface area contributed by atoms with Gasteiger partial charge in [0.2, 0.25) is 0 Å². The lowest BCUT2D eigenvalue weighted by Gasteiger charge is -2.13. The maximum absolute atomic E-state index is 12.0. The molecule has 120 valence electrons. The molecule has 4 nitrogen and oxygen atoms in total. The molecule has 1 unspecified atom stereocenters. The zero-order valence-corrected chi connectivity index (χ0v) is 13.4. The fourth-order valence-corrected chi connectivity index (χ4v) is 2.16. The van der Waals surface area contributed by atoms with Crippen molar-refractivity contribution in [3.63, 3.8) is 0 Å². The van der Waals surface area contributed by atoms with Gasteiger partial charge in [0.25, 0.3) is 5.91 Å². The first kappa shape index (κ1) is 16.7. The predicted octanol–water partition coefficient (Wildman–Crippen LogP) is 3.36. The third-order valence-electron chi connectivity index (χ3n) is 3.45. The molecule has 1 N–H and O–H groups in total. The Morgan fingerprint density at radius 1 is 1.04 bits per heavy atom. The number of ether oxygens (including phenoxy) is 1. The second-order valence-corrected chi connectivity index (χ2v) is 5.42. The number of aryl methyl sites for hydroxylation is 1. The summed E-state index contributed by atoms with van der Waals surface area (Å²) < 4.78 is 5.28. The lowest BCUT2D eigenvalue weighted by molar-refractivity contribution is -0.134. The van der Waals surface area contributed by atoms with Gasteiger partial charge in [0.1, 0.15) is 5.75 Å². The van der Waals surface area contributed by atoms with Gasteiger partial charge in [-0.2, -0.15) is 0 Å². The molecule has 1 atom stereocenters. The largest absolute Gasteiger partial charge is 0.426 e. The number of nitrogens with one attached hydrogen (secondary N) is 1. The molecule has 0 aliphatic carbocycles. The van der Waals surface area contributed by atoms with Crippen molar-refractivity contribution >= 4 is 11.9 Å². The van der Waals surface area contributed by atoms with E-state index in [1.54, 1.807) is 43.3 Å². The van der Waals surface area contributed by atoms with Crippen molar-refractivity contribution in [2.75, 3.05) is 0 Å². The molecule has 2 rings (SSSR count). The molecule has 2 aromatic rings. The van der Waals surface area contributed by atoms with Crippen LogP contribution in [0.1, 0.15) is 36.2 Å². The molecule has 0 saturated carbocycles. The van der Waals surface area contributed by atoms with Crippen LogP contribution >= 0.6 is 0 Å². The van der Waals surface area contributed by atoms with Crippen LogP contribution in [0.5, 0.6) is 5.75 Å². The van der Waals surface area contributed by atoms with Crippen molar-refractivity contribution in [3.8, 4) is 5.75 Å². The summed E-state index contributed by atoms with van der Waals surface area (Å²) in [7, 11) is 0. The van der Waals surface area contributed by atoms with E-state index in [1.807, 2.05) is 18.2 Å². The molecule has 2 aromatic carbocycles. The van der Waals surface area contributed by atoms with E-state index < -0.39 is 0 Å². The van der Waals surface area contributed by atoms with Crippen LogP contribution in [0.4, 0.5) is 0 Å². The minimum absolute atomic E-state index is 0.119. The quantitative estimate of drug-likeness (QED) is 0.657. The van der Waals surface area contributed by atoms with Crippen molar-refractivity contribution in [1.29, 1.82) is 0 Å². The van der Waals surface area contributed by atoms with E-state index in [0.717, 1.165) is 6.42 Å². The number of benzene rings is 2. The molecule has 1 amide bonds. The Labute approximate surface area is 136 Å². The zero-order chi connectivity index (χ0) is 16.7. The van der Waals surface area contributed by atoms with Gasteiger partial charge in [-0.05, 0) is 43.2 Å². The summed E-state index contributed by atoms with van der Waals surface area (Å²) >= 11 is 0. The van der Waals surface area contributed by atoms with Crippen LogP contribution in [0.2, 0.25) is 0 Å². The first-order valence-corrected chi connectivity index (χ1v) is 7.74. The van der Waals surface area contributed by atoms with Crippen LogP contribution in [-0.2, 0) is 11.2 Å². The van der Waals surface area contributed by atoms with Crippen LogP contribution < -0.4 is 10.1 Å². The Morgan fingerprint density at radius 2 is 1.70 bits per heavy atom. The van der Waals surface area contributed by atoms with Gasteiger partial charge < -0.3 is 10.1 Å². The Morgan fingerprint density at radius 3 is 2.30 bits per heavy atom. The molecule has 0 bridgehead atoms. The molecule has 0 spiro atoms. The van der Waals surface area contributed by atoms with Gasteiger partial charge in [0.15, 0.2) is 0 Å². The normalized spacial score (nSPS) is 11.6. The van der Waals surface area contributed by atoms with E-state index in [1.165, 1.54) is 5.56 Å². The molecule has 4 heteroatoms. The summed E-state index contributed by atoms with van der Waals surface area (Å²) in [5.74, 6) is -0.0397. The first-order chi connectivity index (χ1) is 11.1.